The largest absolute Gasteiger partial charge is 0.352 e. The van der Waals surface area contributed by atoms with E-state index >= 15 is 0 Å². The third-order valence-electron chi connectivity index (χ3n) is 5.08. The summed E-state index contributed by atoms with van der Waals surface area (Å²) in [6.07, 6.45) is 4.40. The van der Waals surface area contributed by atoms with E-state index in [1.54, 1.807) is 11.0 Å². The number of rotatable bonds is 5. The minimum atomic E-state index is -0.456. The predicted octanol–water partition coefficient (Wildman–Crippen LogP) is 3.98. The molecule has 0 saturated heterocycles. The van der Waals surface area contributed by atoms with Gasteiger partial charge in [0, 0.05) is 17.3 Å². The van der Waals surface area contributed by atoms with Crippen molar-refractivity contribution in [3.05, 3.63) is 48.2 Å². The van der Waals surface area contributed by atoms with Crippen LogP contribution in [-0.2, 0) is 4.79 Å². The summed E-state index contributed by atoms with van der Waals surface area (Å²) >= 11 is 0. The molecule has 5 nitrogen and oxygen atoms in total. The lowest BCUT2D eigenvalue weighted by molar-refractivity contribution is -0.123. The second kappa shape index (κ2) is 7.99. The van der Waals surface area contributed by atoms with Gasteiger partial charge in [-0.05, 0) is 51.3 Å². The first-order chi connectivity index (χ1) is 12.8. The zero-order valence-corrected chi connectivity index (χ0v) is 16.4. The summed E-state index contributed by atoms with van der Waals surface area (Å²) in [5.74, 6) is -0.244. The minimum Gasteiger partial charge on any atom is -0.352 e. The van der Waals surface area contributed by atoms with Crippen molar-refractivity contribution in [2.75, 3.05) is 6.54 Å². The highest BCUT2D eigenvalue weighted by Gasteiger charge is 2.31. The van der Waals surface area contributed by atoms with Crippen molar-refractivity contribution in [2.24, 2.45) is 0 Å². The molecule has 1 saturated carbocycles. The first-order valence-corrected chi connectivity index (χ1v) is 9.70. The van der Waals surface area contributed by atoms with Crippen LogP contribution in [0.25, 0.3) is 11.3 Å². The Morgan fingerprint density at radius 2 is 1.74 bits per heavy atom. The number of amides is 2. The van der Waals surface area contributed by atoms with Crippen LogP contribution in [0.3, 0.4) is 0 Å². The quantitative estimate of drug-likeness (QED) is 0.839. The Hall–Kier alpha value is -2.56. The van der Waals surface area contributed by atoms with Crippen molar-refractivity contribution in [2.45, 2.75) is 58.0 Å². The molecule has 0 unspecified atom stereocenters. The molecule has 1 aliphatic rings. The Kier molecular flexibility index (Phi) is 5.68. The van der Waals surface area contributed by atoms with Gasteiger partial charge >= 0.3 is 0 Å². The fraction of sp³-hybridized carbons (Fsp3) is 0.455. The molecule has 0 spiro atoms. The summed E-state index contributed by atoms with van der Waals surface area (Å²) in [5.41, 5.74) is 1.96. The average molecular weight is 367 g/mol. The first kappa shape index (κ1) is 19.2. The topological polar surface area (TPSA) is 65.2 Å². The molecule has 3 rings (SSSR count). The zero-order chi connectivity index (χ0) is 19.4. The van der Waals surface area contributed by atoms with E-state index in [0.29, 0.717) is 5.69 Å². The molecule has 5 heteroatoms. The van der Waals surface area contributed by atoms with Crippen molar-refractivity contribution in [1.29, 1.82) is 0 Å². The van der Waals surface area contributed by atoms with Crippen LogP contribution < -0.4 is 5.32 Å². The Morgan fingerprint density at radius 1 is 1.07 bits per heavy atom. The zero-order valence-electron chi connectivity index (χ0n) is 16.4. The number of H-pyrrole nitrogens is 1. The fourth-order valence-corrected chi connectivity index (χ4v) is 3.55. The van der Waals surface area contributed by atoms with Crippen LogP contribution in [0.15, 0.2) is 42.5 Å². The van der Waals surface area contributed by atoms with Gasteiger partial charge in [-0.15, -0.1) is 0 Å². The Balaban J connectivity index is 1.74. The van der Waals surface area contributed by atoms with Gasteiger partial charge in [0.1, 0.15) is 12.2 Å². The van der Waals surface area contributed by atoms with Crippen LogP contribution in [0.1, 0.15) is 56.9 Å². The number of carbonyl (C=O) groups is 2. The van der Waals surface area contributed by atoms with Crippen molar-refractivity contribution in [1.82, 2.24) is 15.2 Å². The first-order valence-electron chi connectivity index (χ1n) is 9.70. The standard InChI is InChI=1S/C22H29N3O2/c1-22(2,3)25(15-20(26)23-17-11-7-8-12-17)21(27)19-14-13-18(24-19)16-9-5-4-6-10-16/h4-6,9-10,13-14,17,24H,7-8,11-12,15H2,1-3H3,(H,23,26). The van der Waals surface area contributed by atoms with Gasteiger partial charge in [0.2, 0.25) is 5.91 Å². The molecule has 2 N–H and O–H groups in total. The molecule has 1 heterocycles. The van der Waals surface area contributed by atoms with Crippen LogP contribution in [0.2, 0.25) is 0 Å². The Morgan fingerprint density at radius 3 is 2.37 bits per heavy atom. The Labute approximate surface area is 161 Å². The average Bonchev–Trinajstić information content (AvgIpc) is 3.31. The maximum atomic E-state index is 13.1. The molecule has 0 bridgehead atoms. The number of aromatic amines is 1. The summed E-state index contributed by atoms with van der Waals surface area (Å²) in [6, 6.07) is 13.8. The molecule has 2 aromatic rings. The van der Waals surface area contributed by atoms with E-state index in [-0.39, 0.29) is 24.4 Å². The van der Waals surface area contributed by atoms with Gasteiger partial charge in [0.25, 0.3) is 5.91 Å². The lowest BCUT2D eigenvalue weighted by Gasteiger charge is -2.35. The summed E-state index contributed by atoms with van der Waals surface area (Å²) in [7, 11) is 0. The number of carbonyl (C=O) groups excluding carboxylic acids is 2. The van der Waals surface area contributed by atoms with Crippen LogP contribution in [0.4, 0.5) is 0 Å². The molecule has 144 valence electrons. The molecule has 0 aliphatic heterocycles. The summed E-state index contributed by atoms with van der Waals surface area (Å²) < 4.78 is 0. The Bertz CT molecular complexity index is 783. The lowest BCUT2D eigenvalue weighted by atomic mass is 10.1. The van der Waals surface area contributed by atoms with Gasteiger partial charge in [-0.3, -0.25) is 9.59 Å². The molecule has 27 heavy (non-hydrogen) atoms. The second-order valence-corrected chi connectivity index (χ2v) is 8.26. The highest BCUT2D eigenvalue weighted by atomic mass is 16.2. The number of hydrogen-bond acceptors (Lipinski definition) is 2. The van der Waals surface area contributed by atoms with Crippen LogP contribution in [0.5, 0.6) is 0 Å². The highest BCUT2D eigenvalue weighted by Crippen LogP contribution is 2.22. The second-order valence-electron chi connectivity index (χ2n) is 8.26. The van der Waals surface area contributed by atoms with Gasteiger partial charge in [-0.1, -0.05) is 43.2 Å². The third-order valence-corrected chi connectivity index (χ3v) is 5.08. The number of hydrogen-bond donors (Lipinski definition) is 2. The van der Waals surface area contributed by atoms with Crippen molar-refractivity contribution in [3.8, 4) is 11.3 Å². The summed E-state index contributed by atoms with van der Waals surface area (Å²) in [6.45, 7) is 5.93. The normalized spacial score (nSPS) is 14.9. The molecule has 0 atom stereocenters. The van der Waals surface area contributed by atoms with Gasteiger partial charge in [0.15, 0.2) is 0 Å². The van der Waals surface area contributed by atoms with Gasteiger partial charge in [-0.25, -0.2) is 0 Å². The molecule has 1 aromatic heterocycles. The molecular formula is C22H29N3O2. The monoisotopic (exact) mass is 367 g/mol. The molecule has 1 aliphatic carbocycles. The SMILES string of the molecule is CC(C)(C)N(CC(=O)NC1CCCC1)C(=O)c1ccc(-c2ccccc2)[nH]1. The minimum absolute atomic E-state index is 0.0680. The predicted molar refractivity (Wildman–Crippen MR) is 107 cm³/mol. The van der Waals surface area contributed by atoms with E-state index in [1.165, 1.54) is 0 Å². The smallest absolute Gasteiger partial charge is 0.271 e. The van der Waals surface area contributed by atoms with Crippen LogP contribution in [-0.4, -0.2) is 39.8 Å². The van der Waals surface area contributed by atoms with Crippen LogP contribution in [0, 0.1) is 0 Å². The molecule has 1 fully saturated rings. The lowest BCUT2D eigenvalue weighted by Crippen LogP contribution is -2.51. The fourth-order valence-electron chi connectivity index (χ4n) is 3.55. The number of aromatic nitrogens is 1. The highest BCUT2D eigenvalue weighted by molar-refractivity contribution is 5.96. The molecule has 0 radical (unpaired) electrons. The van der Waals surface area contributed by atoms with E-state index in [2.05, 4.69) is 10.3 Å². The van der Waals surface area contributed by atoms with Crippen LogP contribution >= 0.6 is 0 Å². The van der Waals surface area contributed by atoms with Gasteiger partial charge < -0.3 is 15.2 Å². The third kappa shape index (κ3) is 4.79. The summed E-state index contributed by atoms with van der Waals surface area (Å²) in [5, 5.41) is 3.08. The number of nitrogens with one attached hydrogen (secondary N) is 2. The van der Waals surface area contributed by atoms with E-state index in [4.69, 9.17) is 0 Å². The van der Waals surface area contributed by atoms with E-state index in [9.17, 15) is 9.59 Å². The summed E-state index contributed by atoms with van der Waals surface area (Å²) in [4.78, 5) is 30.5. The molecule has 2 amide bonds. The van der Waals surface area contributed by atoms with E-state index in [0.717, 1.165) is 36.9 Å². The van der Waals surface area contributed by atoms with Gasteiger partial charge in [0.05, 0.1) is 0 Å². The van der Waals surface area contributed by atoms with E-state index < -0.39 is 5.54 Å². The van der Waals surface area contributed by atoms with Crippen molar-refractivity contribution < 1.29 is 9.59 Å². The maximum absolute atomic E-state index is 13.1. The van der Waals surface area contributed by atoms with Crippen molar-refractivity contribution in [3.63, 3.8) is 0 Å². The molecular weight excluding hydrogens is 338 g/mol. The van der Waals surface area contributed by atoms with Gasteiger partial charge in [-0.2, -0.15) is 0 Å². The maximum Gasteiger partial charge on any atom is 0.271 e. The number of nitrogens with zero attached hydrogens (tertiary/aromatic N) is 1. The van der Waals surface area contributed by atoms with E-state index in [1.807, 2.05) is 57.2 Å². The molecule has 1 aromatic carbocycles. The van der Waals surface area contributed by atoms with Crippen molar-refractivity contribution >= 4 is 11.8 Å². The number of benzene rings is 1.